The van der Waals surface area contributed by atoms with Gasteiger partial charge in [0, 0.05) is 17.3 Å². The molecule has 0 aliphatic carbocycles. The summed E-state index contributed by atoms with van der Waals surface area (Å²) in [6, 6.07) is 22.9. The number of benzene rings is 3. The molecule has 0 saturated carbocycles. The Bertz CT molecular complexity index is 1310. The number of hydrazine groups is 1. The second-order valence-corrected chi connectivity index (χ2v) is 7.12. The number of ether oxygens (including phenoxy) is 1. The summed E-state index contributed by atoms with van der Waals surface area (Å²) in [5.41, 5.74) is 6.37. The zero-order chi connectivity index (χ0) is 23.9. The summed E-state index contributed by atoms with van der Waals surface area (Å²) in [6.45, 7) is -0.632. The molecule has 4 aromatic rings. The van der Waals surface area contributed by atoms with Crippen molar-refractivity contribution in [2.75, 3.05) is 6.61 Å². The van der Waals surface area contributed by atoms with Crippen LogP contribution in [0, 0.1) is 5.82 Å². The lowest BCUT2D eigenvalue weighted by Crippen LogP contribution is -2.43. The lowest BCUT2D eigenvalue weighted by Gasteiger charge is -2.08. The van der Waals surface area contributed by atoms with Gasteiger partial charge in [-0.25, -0.2) is 13.9 Å². The van der Waals surface area contributed by atoms with E-state index >= 15 is 0 Å². The fourth-order valence-electron chi connectivity index (χ4n) is 3.09. The van der Waals surface area contributed by atoms with Gasteiger partial charge < -0.3 is 4.74 Å². The summed E-state index contributed by atoms with van der Waals surface area (Å²) in [7, 11) is 0. The Morgan fingerprint density at radius 2 is 1.50 bits per heavy atom. The van der Waals surface area contributed by atoms with Crippen molar-refractivity contribution < 1.29 is 23.5 Å². The van der Waals surface area contributed by atoms with Gasteiger partial charge in [0.15, 0.2) is 6.61 Å². The Morgan fingerprint density at radius 1 is 0.853 bits per heavy atom. The Hall–Kier alpha value is -4.79. The Morgan fingerprint density at radius 3 is 2.18 bits per heavy atom. The zero-order valence-electron chi connectivity index (χ0n) is 17.8. The minimum Gasteiger partial charge on any atom is -0.452 e. The van der Waals surface area contributed by atoms with E-state index in [-0.39, 0.29) is 11.3 Å². The number of carbonyl (C=O) groups excluding carboxylic acids is 3. The maximum Gasteiger partial charge on any atom is 0.342 e. The lowest BCUT2D eigenvalue weighted by molar-refractivity contribution is -0.125. The van der Waals surface area contributed by atoms with Crippen molar-refractivity contribution in [2.24, 2.45) is 0 Å². The summed E-state index contributed by atoms with van der Waals surface area (Å²) in [5, 5.41) is 4.46. The molecule has 2 N–H and O–H groups in total. The van der Waals surface area contributed by atoms with Crippen molar-refractivity contribution in [3.8, 4) is 16.9 Å². The molecule has 4 rings (SSSR count). The lowest BCUT2D eigenvalue weighted by atomic mass is 10.1. The third kappa shape index (κ3) is 5.33. The van der Waals surface area contributed by atoms with Crippen LogP contribution in [0.5, 0.6) is 0 Å². The van der Waals surface area contributed by atoms with E-state index < -0.39 is 30.2 Å². The average molecular weight is 458 g/mol. The van der Waals surface area contributed by atoms with Gasteiger partial charge in [-0.1, -0.05) is 36.4 Å². The summed E-state index contributed by atoms with van der Waals surface area (Å²) >= 11 is 0. The van der Waals surface area contributed by atoms with Crippen LogP contribution in [0.4, 0.5) is 4.39 Å². The number of hydrogen-bond donors (Lipinski definition) is 2. The van der Waals surface area contributed by atoms with Gasteiger partial charge in [0.25, 0.3) is 11.8 Å². The van der Waals surface area contributed by atoms with E-state index in [1.54, 1.807) is 42.5 Å². The zero-order valence-corrected chi connectivity index (χ0v) is 17.8. The first-order chi connectivity index (χ1) is 16.5. The fraction of sp³-hybridized carbons (Fsp3) is 0.0400. The number of rotatable bonds is 6. The summed E-state index contributed by atoms with van der Waals surface area (Å²) in [6.07, 6.45) is 1.48. The molecule has 9 heteroatoms. The monoisotopic (exact) mass is 458 g/mol. The van der Waals surface area contributed by atoms with Crippen molar-refractivity contribution in [1.29, 1.82) is 0 Å². The largest absolute Gasteiger partial charge is 0.452 e. The van der Waals surface area contributed by atoms with E-state index in [9.17, 15) is 18.8 Å². The fourth-order valence-corrected chi connectivity index (χ4v) is 3.09. The molecule has 0 unspecified atom stereocenters. The first-order valence-electron chi connectivity index (χ1n) is 10.2. The van der Waals surface area contributed by atoms with Crippen LogP contribution in [0.25, 0.3) is 16.9 Å². The van der Waals surface area contributed by atoms with Gasteiger partial charge in [-0.2, -0.15) is 5.10 Å². The van der Waals surface area contributed by atoms with Gasteiger partial charge in [-0.3, -0.25) is 20.4 Å². The van der Waals surface area contributed by atoms with Crippen LogP contribution in [0.1, 0.15) is 20.7 Å². The van der Waals surface area contributed by atoms with Gasteiger partial charge in [0.05, 0.1) is 5.69 Å². The number of hydrogen-bond acceptors (Lipinski definition) is 5. The molecule has 0 aliphatic heterocycles. The molecule has 0 aliphatic rings. The summed E-state index contributed by atoms with van der Waals surface area (Å²) in [5.74, 6) is -2.46. The molecular formula is C25H19FN4O4. The molecule has 3 aromatic carbocycles. The second kappa shape index (κ2) is 10.2. The van der Waals surface area contributed by atoms with Crippen molar-refractivity contribution >= 4 is 17.8 Å². The van der Waals surface area contributed by atoms with E-state index in [0.717, 1.165) is 0 Å². The third-order valence-corrected chi connectivity index (χ3v) is 4.76. The highest BCUT2D eigenvalue weighted by molar-refractivity contribution is 5.98. The molecule has 0 bridgehead atoms. The number of para-hydroxylation sites is 1. The first kappa shape index (κ1) is 22.4. The van der Waals surface area contributed by atoms with Gasteiger partial charge in [0.2, 0.25) is 0 Å². The van der Waals surface area contributed by atoms with Gasteiger partial charge in [-0.05, 0) is 48.5 Å². The Balaban J connectivity index is 1.46. The standard InChI is InChI=1S/C25H19FN4O4/c26-19-13-11-17(12-14-19)23-21(15-30(29-23)20-9-5-2-6-10-20)25(33)34-16-22(31)27-28-24(32)18-7-3-1-4-8-18/h1-15H,16H2,(H,27,31)(H,28,32). The normalized spacial score (nSPS) is 10.4. The van der Waals surface area contributed by atoms with Crippen molar-refractivity contribution in [3.63, 3.8) is 0 Å². The number of carbonyl (C=O) groups is 3. The molecule has 0 radical (unpaired) electrons. The number of esters is 1. The van der Waals surface area contributed by atoms with E-state index in [1.165, 1.54) is 35.1 Å². The summed E-state index contributed by atoms with van der Waals surface area (Å²) < 4.78 is 20.0. The molecule has 2 amide bonds. The third-order valence-electron chi connectivity index (χ3n) is 4.76. The van der Waals surface area contributed by atoms with Gasteiger partial charge in [-0.15, -0.1) is 0 Å². The minimum absolute atomic E-state index is 0.0941. The molecule has 0 atom stereocenters. The molecule has 0 fully saturated rings. The highest BCUT2D eigenvalue weighted by atomic mass is 19.1. The maximum absolute atomic E-state index is 13.4. The highest BCUT2D eigenvalue weighted by Gasteiger charge is 2.21. The van der Waals surface area contributed by atoms with Crippen LogP contribution in [0.3, 0.4) is 0 Å². The van der Waals surface area contributed by atoms with Crippen molar-refractivity contribution in [3.05, 3.63) is 108 Å². The highest BCUT2D eigenvalue weighted by Crippen LogP contribution is 2.25. The van der Waals surface area contributed by atoms with E-state index in [1.807, 2.05) is 18.2 Å². The van der Waals surface area contributed by atoms with Crippen LogP contribution in [0.2, 0.25) is 0 Å². The van der Waals surface area contributed by atoms with Gasteiger partial charge in [0.1, 0.15) is 17.1 Å². The van der Waals surface area contributed by atoms with E-state index in [0.29, 0.717) is 16.8 Å². The van der Waals surface area contributed by atoms with E-state index in [2.05, 4.69) is 16.0 Å². The molecule has 1 heterocycles. The minimum atomic E-state index is -0.800. The smallest absolute Gasteiger partial charge is 0.342 e. The predicted octanol–water partition coefficient (Wildman–Crippen LogP) is 3.30. The topological polar surface area (TPSA) is 102 Å². The molecule has 170 valence electrons. The quantitative estimate of drug-likeness (QED) is 0.341. The first-order valence-corrected chi connectivity index (χ1v) is 10.2. The molecule has 1 aromatic heterocycles. The number of nitrogens with one attached hydrogen (secondary N) is 2. The maximum atomic E-state index is 13.4. The molecule has 0 spiro atoms. The molecular weight excluding hydrogens is 439 g/mol. The Labute approximate surface area is 194 Å². The number of nitrogens with zero attached hydrogens (tertiary/aromatic N) is 2. The summed E-state index contributed by atoms with van der Waals surface area (Å²) in [4.78, 5) is 36.9. The van der Waals surface area contributed by atoms with Crippen molar-refractivity contribution in [1.82, 2.24) is 20.6 Å². The number of amides is 2. The molecule has 34 heavy (non-hydrogen) atoms. The second-order valence-electron chi connectivity index (χ2n) is 7.12. The van der Waals surface area contributed by atoms with Crippen LogP contribution in [0.15, 0.2) is 91.1 Å². The molecule has 0 saturated heterocycles. The predicted molar refractivity (Wildman–Crippen MR) is 121 cm³/mol. The molecule has 8 nitrogen and oxygen atoms in total. The SMILES string of the molecule is O=C(COC(=O)c1cn(-c2ccccc2)nc1-c1ccc(F)cc1)NNC(=O)c1ccccc1. The number of halogens is 1. The van der Waals surface area contributed by atoms with Crippen LogP contribution in [-0.2, 0) is 9.53 Å². The van der Waals surface area contributed by atoms with Crippen LogP contribution >= 0.6 is 0 Å². The van der Waals surface area contributed by atoms with E-state index in [4.69, 9.17) is 4.74 Å². The Kier molecular flexibility index (Phi) is 6.73. The van der Waals surface area contributed by atoms with Crippen LogP contribution in [-0.4, -0.2) is 34.2 Å². The van der Waals surface area contributed by atoms with Gasteiger partial charge >= 0.3 is 5.97 Å². The van der Waals surface area contributed by atoms with Crippen LogP contribution < -0.4 is 10.9 Å². The number of aromatic nitrogens is 2. The average Bonchev–Trinajstić information content (AvgIpc) is 3.33. The van der Waals surface area contributed by atoms with Crippen molar-refractivity contribution in [2.45, 2.75) is 0 Å².